The van der Waals surface area contributed by atoms with Crippen molar-refractivity contribution in [3.05, 3.63) is 40.1 Å². The number of thiophene rings is 1. The number of hydrogen-bond donors (Lipinski definition) is 0. The van der Waals surface area contributed by atoms with Crippen molar-refractivity contribution >= 4 is 17.3 Å². The summed E-state index contributed by atoms with van der Waals surface area (Å²) in [7, 11) is 4.62. The second-order valence-corrected chi connectivity index (χ2v) is 5.79. The molecule has 1 aromatic heterocycles. The number of hydrogen-bond acceptors (Lipinski definition) is 6. The van der Waals surface area contributed by atoms with Crippen LogP contribution in [0.25, 0.3) is 0 Å². The van der Waals surface area contributed by atoms with E-state index in [0.717, 1.165) is 12.0 Å². The van der Waals surface area contributed by atoms with E-state index in [4.69, 9.17) is 18.9 Å². The Morgan fingerprint density at radius 3 is 2.30 bits per heavy atom. The molecule has 0 aliphatic heterocycles. The molecule has 2 rings (SSSR count). The van der Waals surface area contributed by atoms with Gasteiger partial charge >= 0.3 is 5.97 Å². The summed E-state index contributed by atoms with van der Waals surface area (Å²) in [5.74, 6) is 1.27. The number of rotatable bonds is 8. The van der Waals surface area contributed by atoms with E-state index in [1.54, 1.807) is 44.8 Å². The van der Waals surface area contributed by atoms with Crippen LogP contribution in [0.4, 0.5) is 0 Å². The van der Waals surface area contributed by atoms with Gasteiger partial charge in [0.15, 0.2) is 11.5 Å². The van der Waals surface area contributed by atoms with Gasteiger partial charge in [-0.3, -0.25) is 4.79 Å². The Balaban J connectivity index is 1.97. The molecule has 0 N–H and O–H groups in total. The zero-order valence-electron chi connectivity index (χ0n) is 13.5. The van der Waals surface area contributed by atoms with Gasteiger partial charge in [-0.1, -0.05) is 6.07 Å². The van der Waals surface area contributed by atoms with Crippen molar-refractivity contribution in [2.24, 2.45) is 0 Å². The van der Waals surface area contributed by atoms with Gasteiger partial charge in [-0.2, -0.15) is 0 Å². The fourth-order valence-electron chi connectivity index (χ4n) is 2.18. The van der Waals surface area contributed by atoms with Crippen molar-refractivity contribution < 1.29 is 23.7 Å². The molecule has 0 saturated heterocycles. The Morgan fingerprint density at radius 2 is 1.78 bits per heavy atom. The van der Waals surface area contributed by atoms with Gasteiger partial charge in [-0.25, -0.2) is 0 Å². The SMILES string of the molecule is COc1cc(CC(=O)OCCc2cccs2)cc(OC)c1OC. The third-order valence-corrected chi connectivity index (χ3v) is 4.20. The Bertz CT molecular complexity index is 611. The van der Waals surface area contributed by atoms with Crippen molar-refractivity contribution in [2.75, 3.05) is 27.9 Å². The van der Waals surface area contributed by atoms with Crippen LogP contribution in [0.2, 0.25) is 0 Å². The van der Waals surface area contributed by atoms with Crippen LogP contribution in [-0.4, -0.2) is 33.9 Å². The zero-order chi connectivity index (χ0) is 16.7. The summed E-state index contributed by atoms with van der Waals surface area (Å²) in [6, 6.07) is 7.51. The molecule has 5 nitrogen and oxygen atoms in total. The van der Waals surface area contributed by atoms with E-state index in [-0.39, 0.29) is 12.4 Å². The van der Waals surface area contributed by atoms with Gasteiger partial charge in [-0.05, 0) is 29.1 Å². The van der Waals surface area contributed by atoms with Gasteiger partial charge < -0.3 is 18.9 Å². The van der Waals surface area contributed by atoms with Crippen molar-refractivity contribution in [1.82, 2.24) is 0 Å². The minimum absolute atomic E-state index is 0.154. The summed E-state index contributed by atoms with van der Waals surface area (Å²) in [6.07, 6.45) is 0.889. The van der Waals surface area contributed by atoms with E-state index in [1.165, 1.54) is 4.88 Å². The lowest BCUT2D eigenvalue weighted by atomic mass is 10.1. The van der Waals surface area contributed by atoms with Crippen LogP contribution >= 0.6 is 11.3 Å². The van der Waals surface area contributed by atoms with E-state index < -0.39 is 0 Å². The van der Waals surface area contributed by atoms with Gasteiger partial charge in [0.25, 0.3) is 0 Å². The van der Waals surface area contributed by atoms with Crippen LogP contribution in [0.5, 0.6) is 17.2 Å². The highest BCUT2D eigenvalue weighted by Gasteiger charge is 2.15. The van der Waals surface area contributed by atoms with Crippen molar-refractivity contribution in [3.8, 4) is 17.2 Å². The molecule has 23 heavy (non-hydrogen) atoms. The average molecular weight is 336 g/mol. The number of methoxy groups -OCH3 is 3. The second kappa shape index (κ2) is 8.43. The van der Waals surface area contributed by atoms with E-state index >= 15 is 0 Å². The summed E-state index contributed by atoms with van der Waals surface area (Å²) < 4.78 is 21.1. The molecule has 0 aliphatic rings. The monoisotopic (exact) mass is 336 g/mol. The molecular weight excluding hydrogens is 316 g/mol. The van der Waals surface area contributed by atoms with Gasteiger partial charge in [0.1, 0.15) is 0 Å². The number of carbonyl (C=O) groups excluding carboxylic acids is 1. The van der Waals surface area contributed by atoms with Gasteiger partial charge in [-0.15, -0.1) is 11.3 Å². The summed E-state index contributed by atoms with van der Waals surface area (Å²) in [5.41, 5.74) is 0.751. The van der Waals surface area contributed by atoms with Gasteiger partial charge in [0.2, 0.25) is 5.75 Å². The number of ether oxygens (including phenoxy) is 4. The molecule has 0 bridgehead atoms. The molecule has 1 heterocycles. The van der Waals surface area contributed by atoms with Crippen molar-refractivity contribution in [3.63, 3.8) is 0 Å². The van der Waals surface area contributed by atoms with Crippen LogP contribution in [0, 0.1) is 0 Å². The molecular formula is C17H20O5S. The standard InChI is InChI=1S/C17H20O5S/c1-19-14-9-12(10-15(20-2)17(14)21-3)11-16(18)22-7-6-13-5-4-8-23-13/h4-5,8-10H,6-7,11H2,1-3H3. The molecule has 0 unspecified atom stereocenters. The molecule has 2 aromatic rings. The highest BCUT2D eigenvalue weighted by Crippen LogP contribution is 2.38. The molecule has 6 heteroatoms. The number of esters is 1. The average Bonchev–Trinajstić information content (AvgIpc) is 3.07. The first-order chi connectivity index (χ1) is 11.2. The molecule has 0 spiro atoms. The first kappa shape index (κ1) is 17.1. The number of benzene rings is 1. The Morgan fingerprint density at radius 1 is 1.09 bits per heavy atom. The molecule has 0 aliphatic carbocycles. The highest BCUT2D eigenvalue weighted by molar-refractivity contribution is 7.09. The maximum atomic E-state index is 12.0. The van der Waals surface area contributed by atoms with Crippen LogP contribution in [0.15, 0.2) is 29.6 Å². The van der Waals surface area contributed by atoms with E-state index in [0.29, 0.717) is 23.9 Å². The maximum Gasteiger partial charge on any atom is 0.310 e. The molecule has 0 radical (unpaired) electrons. The number of carbonyl (C=O) groups is 1. The Kier molecular flexibility index (Phi) is 6.29. The second-order valence-electron chi connectivity index (χ2n) is 4.76. The highest BCUT2D eigenvalue weighted by atomic mass is 32.1. The van der Waals surface area contributed by atoms with E-state index in [2.05, 4.69) is 0 Å². The molecule has 0 fully saturated rings. The third-order valence-electron chi connectivity index (χ3n) is 3.26. The predicted octanol–water partition coefficient (Wildman–Crippen LogP) is 3.10. The minimum atomic E-state index is -0.282. The smallest absolute Gasteiger partial charge is 0.310 e. The Labute approximate surface area is 139 Å². The maximum absolute atomic E-state index is 12.0. The molecule has 0 amide bonds. The summed E-state index contributed by atoms with van der Waals surface area (Å²) in [5, 5.41) is 2.01. The normalized spacial score (nSPS) is 10.2. The first-order valence-corrected chi connectivity index (χ1v) is 8.02. The van der Waals surface area contributed by atoms with Gasteiger partial charge in [0, 0.05) is 11.3 Å². The quantitative estimate of drug-likeness (QED) is 0.693. The van der Waals surface area contributed by atoms with Crippen LogP contribution < -0.4 is 14.2 Å². The van der Waals surface area contributed by atoms with Crippen LogP contribution in [0.1, 0.15) is 10.4 Å². The van der Waals surface area contributed by atoms with Crippen LogP contribution in [0.3, 0.4) is 0 Å². The van der Waals surface area contributed by atoms with Crippen molar-refractivity contribution in [1.29, 1.82) is 0 Å². The summed E-state index contributed by atoms with van der Waals surface area (Å²) in [4.78, 5) is 13.2. The lowest BCUT2D eigenvalue weighted by Gasteiger charge is -2.14. The van der Waals surface area contributed by atoms with Gasteiger partial charge in [0.05, 0.1) is 34.4 Å². The molecule has 1 aromatic carbocycles. The fraction of sp³-hybridized carbons (Fsp3) is 0.353. The lowest BCUT2D eigenvalue weighted by Crippen LogP contribution is -2.10. The minimum Gasteiger partial charge on any atom is -0.493 e. The topological polar surface area (TPSA) is 54.0 Å². The predicted molar refractivity (Wildman–Crippen MR) is 88.8 cm³/mol. The molecule has 0 saturated carbocycles. The third kappa shape index (κ3) is 4.63. The Hall–Kier alpha value is -2.21. The van der Waals surface area contributed by atoms with Crippen LogP contribution in [-0.2, 0) is 22.4 Å². The summed E-state index contributed by atoms with van der Waals surface area (Å²) in [6.45, 7) is 0.379. The lowest BCUT2D eigenvalue weighted by molar-refractivity contribution is -0.142. The van der Waals surface area contributed by atoms with E-state index in [1.807, 2.05) is 17.5 Å². The van der Waals surface area contributed by atoms with Crippen molar-refractivity contribution in [2.45, 2.75) is 12.8 Å². The first-order valence-electron chi connectivity index (χ1n) is 7.14. The fourth-order valence-corrected chi connectivity index (χ4v) is 2.87. The molecule has 0 atom stereocenters. The molecule has 124 valence electrons. The largest absolute Gasteiger partial charge is 0.493 e. The summed E-state index contributed by atoms with van der Waals surface area (Å²) >= 11 is 1.65. The zero-order valence-corrected chi connectivity index (χ0v) is 14.3. The van der Waals surface area contributed by atoms with E-state index in [9.17, 15) is 4.79 Å².